The first-order chi connectivity index (χ1) is 12.1. The summed E-state index contributed by atoms with van der Waals surface area (Å²) in [6, 6.07) is 7.74. The molecule has 1 aromatic carbocycles. The molecule has 5 nitrogen and oxygen atoms in total. The van der Waals surface area contributed by atoms with Crippen molar-refractivity contribution in [3.63, 3.8) is 0 Å². The smallest absolute Gasteiger partial charge is 0.264 e. The zero-order valence-electron chi connectivity index (χ0n) is 14.9. The van der Waals surface area contributed by atoms with Crippen LogP contribution in [0.15, 0.2) is 24.3 Å². The highest BCUT2D eigenvalue weighted by Crippen LogP contribution is 2.38. The predicted molar refractivity (Wildman–Crippen MR) is 96.2 cm³/mol. The van der Waals surface area contributed by atoms with Gasteiger partial charge in [0.25, 0.3) is 5.91 Å². The van der Waals surface area contributed by atoms with Crippen molar-refractivity contribution in [1.29, 1.82) is 0 Å². The van der Waals surface area contributed by atoms with Gasteiger partial charge in [-0.15, -0.1) is 0 Å². The molecule has 1 heterocycles. The summed E-state index contributed by atoms with van der Waals surface area (Å²) in [6.45, 7) is 2.54. The number of para-hydroxylation sites is 1. The molecule has 0 aromatic heterocycles. The van der Waals surface area contributed by atoms with Crippen molar-refractivity contribution in [2.45, 2.75) is 57.5 Å². The summed E-state index contributed by atoms with van der Waals surface area (Å²) in [7, 11) is 0. The van der Waals surface area contributed by atoms with Crippen molar-refractivity contribution in [3.8, 4) is 5.75 Å². The maximum Gasteiger partial charge on any atom is 0.264 e. The number of rotatable bonds is 6. The van der Waals surface area contributed by atoms with Crippen LogP contribution in [0.3, 0.4) is 0 Å². The van der Waals surface area contributed by atoms with E-state index in [9.17, 15) is 9.59 Å². The van der Waals surface area contributed by atoms with Crippen molar-refractivity contribution < 1.29 is 14.3 Å². The quantitative estimate of drug-likeness (QED) is 0.862. The normalized spacial score (nSPS) is 22.9. The van der Waals surface area contributed by atoms with Gasteiger partial charge in [-0.3, -0.25) is 9.59 Å². The molecule has 1 aliphatic carbocycles. The number of nitrogens with two attached hydrogens (primary N) is 1. The number of carbonyl (C=O) groups excluding carboxylic acids is 2. The maximum atomic E-state index is 13.0. The van der Waals surface area contributed by atoms with Crippen LogP contribution in [0.2, 0.25) is 0 Å². The van der Waals surface area contributed by atoms with Crippen molar-refractivity contribution in [1.82, 2.24) is 4.90 Å². The Kier molecular flexibility index (Phi) is 5.61. The van der Waals surface area contributed by atoms with Crippen LogP contribution in [0.25, 0.3) is 0 Å². The average Bonchev–Trinajstić information content (AvgIpc) is 2.96. The van der Waals surface area contributed by atoms with E-state index in [0.717, 1.165) is 17.7 Å². The molecule has 3 rings (SSSR count). The second-order valence-electron chi connectivity index (χ2n) is 7.38. The highest BCUT2D eigenvalue weighted by Gasteiger charge is 2.38. The molecule has 0 bridgehead atoms. The molecule has 0 saturated heterocycles. The summed E-state index contributed by atoms with van der Waals surface area (Å²) in [4.78, 5) is 26.1. The molecule has 1 aliphatic heterocycles. The van der Waals surface area contributed by atoms with Gasteiger partial charge in [-0.2, -0.15) is 0 Å². The Morgan fingerprint density at radius 2 is 1.92 bits per heavy atom. The van der Waals surface area contributed by atoms with E-state index < -0.39 is 12.0 Å². The van der Waals surface area contributed by atoms with E-state index >= 15 is 0 Å². The average molecular weight is 344 g/mol. The molecule has 1 saturated carbocycles. The van der Waals surface area contributed by atoms with Gasteiger partial charge in [-0.1, -0.05) is 57.2 Å². The van der Waals surface area contributed by atoms with Crippen LogP contribution in [0, 0.1) is 5.92 Å². The van der Waals surface area contributed by atoms with Gasteiger partial charge >= 0.3 is 0 Å². The molecule has 25 heavy (non-hydrogen) atoms. The Morgan fingerprint density at radius 1 is 1.20 bits per heavy atom. The highest BCUT2D eigenvalue weighted by molar-refractivity contribution is 5.88. The standard InChI is InChI=1S/C20H28N2O3/c1-14-16-9-5-6-10-17(16)25-19(14)20(24)22(13-18(21)23)12-11-15-7-3-2-4-8-15/h5-6,9-10,14-15,19H,2-4,7-8,11-13H2,1H3,(H2,21,23). The second-order valence-corrected chi connectivity index (χ2v) is 7.38. The first kappa shape index (κ1) is 17.8. The van der Waals surface area contributed by atoms with E-state index in [0.29, 0.717) is 12.5 Å². The van der Waals surface area contributed by atoms with Crippen LogP contribution in [0.1, 0.15) is 56.9 Å². The Bertz CT molecular complexity index is 625. The lowest BCUT2D eigenvalue weighted by atomic mass is 9.87. The number of ether oxygens (including phenoxy) is 1. The number of hydrogen-bond donors (Lipinski definition) is 1. The van der Waals surface area contributed by atoms with Crippen LogP contribution < -0.4 is 10.5 Å². The molecular formula is C20H28N2O3. The van der Waals surface area contributed by atoms with Crippen molar-refractivity contribution in [3.05, 3.63) is 29.8 Å². The molecule has 2 aliphatic rings. The summed E-state index contributed by atoms with van der Waals surface area (Å²) in [5.74, 6) is 0.794. The van der Waals surface area contributed by atoms with Crippen LogP contribution in [0.4, 0.5) is 0 Å². The second kappa shape index (κ2) is 7.89. The van der Waals surface area contributed by atoms with E-state index in [-0.39, 0.29) is 18.4 Å². The number of hydrogen-bond acceptors (Lipinski definition) is 3. The zero-order chi connectivity index (χ0) is 17.8. The minimum absolute atomic E-state index is 0.0197. The number of amides is 2. The Balaban J connectivity index is 1.66. The molecule has 1 aromatic rings. The third-order valence-electron chi connectivity index (χ3n) is 5.55. The van der Waals surface area contributed by atoms with Crippen LogP contribution in [0.5, 0.6) is 5.75 Å². The van der Waals surface area contributed by atoms with Crippen LogP contribution in [-0.4, -0.2) is 35.9 Å². The number of benzene rings is 1. The fourth-order valence-electron chi connectivity index (χ4n) is 4.08. The van der Waals surface area contributed by atoms with Crippen molar-refractivity contribution in [2.75, 3.05) is 13.1 Å². The first-order valence-electron chi connectivity index (χ1n) is 9.39. The summed E-state index contributed by atoms with van der Waals surface area (Å²) >= 11 is 0. The Hall–Kier alpha value is -2.04. The van der Waals surface area contributed by atoms with E-state index in [1.165, 1.54) is 32.1 Å². The molecule has 2 N–H and O–H groups in total. The van der Waals surface area contributed by atoms with Crippen LogP contribution in [-0.2, 0) is 9.59 Å². The third-order valence-corrected chi connectivity index (χ3v) is 5.55. The summed E-state index contributed by atoms with van der Waals surface area (Å²) in [5, 5.41) is 0. The SMILES string of the molecule is CC1c2ccccc2OC1C(=O)N(CCC1CCCCC1)CC(N)=O. The molecule has 2 atom stereocenters. The third kappa shape index (κ3) is 4.14. The topological polar surface area (TPSA) is 72.6 Å². The first-order valence-corrected chi connectivity index (χ1v) is 9.39. The van der Waals surface area contributed by atoms with Crippen molar-refractivity contribution >= 4 is 11.8 Å². The largest absolute Gasteiger partial charge is 0.480 e. The van der Waals surface area contributed by atoms with Gasteiger partial charge in [0, 0.05) is 18.0 Å². The van der Waals surface area contributed by atoms with E-state index in [1.54, 1.807) is 4.90 Å². The van der Waals surface area contributed by atoms with Gasteiger partial charge in [-0.25, -0.2) is 0 Å². The number of nitrogens with zero attached hydrogens (tertiary/aromatic N) is 1. The van der Waals surface area contributed by atoms with Gasteiger partial charge in [0.15, 0.2) is 6.10 Å². The van der Waals surface area contributed by atoms with E-state index in [1.807, 2.05) is 31.2 Å². The lowest BCUT2D eigenvalue weighted by Gasteiger charge is -2.28. The highest BCUT2D eigenvalue weighted by atomic mass is 16.5. The summed E-state index contributed by atoms with van der Waals surface area (Å²) in [5.41, 5.74) is 6.43. The molecule has 2 amide bonds. The minimum atomic E-state index is -0.567. The Labute approximate surface area is 149 Å². The lowest BCUT2D eigenvalue weighted by molar-refractivity contribution is -0.141. The van der Waals surface area contributed by atoms with Gasteiger partial charge in [0.1, 0.15) is 5.75 Å². The van der Waals surface area contributed by atoms with Gasteiger partial charge in [0.05, 0.1) is 6.54 Å². The molecule has 1 fully saturated rings. The van der Waals surface area contributed by atoms with E-state index in [4.69, 9.17) is 10.5 Å². The molecule has 0 radical (unpaired) electrons. The number of fused-ring (bicyclic) bond motifs is 1. The van der Waals surface area contributed by atoms with Crippen molar-refractivity contribution in [2.24, 2.45) is 11.7 Å². The fraction of sp³-hybridized carbons (Fsp3) is 0.600. The number of carbonyl (C=O) groups is 2. The monoisotopic (exact) mass is 344 g/mol. The maximum absolute atomic E-state index is 13.0. The summed E-state index contributed by atoms with van der Waals surface area (Å²) in [6.07, 6.45) is 6.67. The fourth-order valence-corrected chi connectivity index (χ4v) is 4.08. The predicted octanol–water partition coefficient (Wildman–Crippen LogP) is 2.84. The summed E-state index contributed by atoms with van der Waals surface area (Å²) < 4.78 is 5.89. The van der Waals surface area contributed by atoms with Gasteiger partial charge in [0.2, 0.25) is 5.91 Å². The molecule has 136 valence electrons. The zero-order valence-corrected chi connectivity index (χ0v) is 14.9. The van der Waals surface area contributed by atoms with Gasteiger partial charge < -0.3 is 15.4 Å². The Morgan fingerprint density at radius 3 is 2.60 bits per heavy atom. The van der Waals surface area contributed by atoms with Gasteiger partial charge in [-0.05, 0) is 18.4 Å². The molecule has 0 spiro atoms. The molecular weight excluding hydrogens is 316 g/mol. The lowest BCUT2D eigenvalue weighted by Crippen LogP contribution is -2.46. The molecule has 5 heteroatoms. The minimum Gasteiger partial charge on any atom is -0.480 e. The van der Waals surface area contributed by atoms with E-state index in [2.05, 4.69) is 0 Å². The molecule has 2 unspecified atom stereocenters. The van der Waals surface area contributed by atoms with Crippen LogP contribution >= 0.6 is 0 Å². The number of primary amides is 1.